The molecule has 0 bridgehead atoms. The third-order valence-corrected chi connectivity index (χ3v) is 1.84. The van der Waals surface area contributed by atoms with E-state index in [9.17, 15) is 14.9 Å². The molecule has 0 saturated carbocycles. The van der Waals surface area contributed by atoms with Gasteiger partial charge in [-0.3, -0.25) is 14.9 Å². The molecule has 0 unspecified atom stereocenters. The number of carbonyl (C=O) groups is 1. The molecule has 16 heavy (non-hydrogen) atoms. The number of carbonyl (C=O) groups excluding carboxylic acids is 1. The number of Topliss-reactive ketones (excluding diaryl/α,β-unsaturated/α-hetero) is 1. The Hall–Kier alpha value is -2.53. The number of nitro groups is 1. The van der Waals surface area contributed by atoms with E-state index in [0.717, 1.165) is 6.07 Å². The second kappa shape index (κ2) is 4.81. The van der Waals surface area contributed by atoms with Gasteiger partial charge in [-0.2, -0.15) is 4.79 Å². The summed E-state index contributed by atoms with van der Waals surface area (Å²) in [6.07, 6.45) is 0.592. The highest BCUT2D eigenvalue weighted by Gasteiger charge is 2.21. The summed E-state index contributed by atoms with van der Waals surface area (Å²) in [4.78, 5) is 23.8. The molecule has 0 amide bonds. The Morgan fingerprint density at radius 3 is 2.81 bits per heavy atom. The van der Waals surface area contributed by atoms with Gasteiger partial charge in [-0.15, -0.1) is 0 Å². The van der Waals surface area contributed by atoms with Crippen molar-refractivity contribution < 1.29 is 19.2 Å². The maximum Gasteiger partial charge on any atom is 0.328 e. The Morgan fingerprint density at radius 2 is 2.31 bits per heavy atom. The molecule has 0 aliphatic carbocycles. The number of methoxy groups -OCH3 is 1. The Kier molecular flexibility index (Phi) is 3.47. The van der Waals surface area contributed by atoms with Crippen molar-refractivity contribution in [1.82, 2.24) is 0 Å². The summed E-state index contributed by atoms with van der Waals surface area (Å²) in [5, 5.41) is 10.7. The van der Waals surface area contributed by atoms with Crippen molar-refractivity contribution in [2.24, 2.45) is 0 Å². The van der Waals surface area contributed by atoms with E-state index in [1.807, 2.05) is 0 Å². The number of rotatable bonds is 4. The molecular weight excluding hydrogens is 214 g/mol. The molecule has 0 saturated heterocycles. The molecule has 1 rings (SSSR count). The van der Waals surface area contributed by atoms with Gasteiger partial charge in [-0.25, -0.2) is 0 Å². The molecule has 0 aliphatic rings. The quantitative estimate of drug-likeness (QED) is 0.189. The van der Waals surface area contributed by atoms with Crippen LogP contribution in [0.4, 0.5) is 5.69 Å². The average Bonchev–Trinajstić information content (AvgIpc) is 2.28. The molecule has 0 spiro atoms. The summed E-state index contributed by atoms with van der Waals surface area (Å²) < 4.78 is 4.80. The van der Waals surface area contributed by atoms with Gasteiger partial charge in [0.05, 0.1) is 18.1 Å². The lowest BCUT2D eigenvalue weighted by molar-refractivity contribution is -0.385. The van der Waals surface area contributed by atoms with Crippen molar-refractivity contribution in [3.8, 4) is 5.75 Å². The molecule has 1 aromatic rings. The highest BCUT2D eigenvalue weighted by atomic mass is 16.6. The van der Waals surface area contributed by atoms with E-state index in [4.69, 9.17) is 10.3 Å². The first-order valence-electron chi connectivity index (χ1n) is 4.14. The minimum atomic E-state index is -0.753. The van der Waals surface area contributed by atoms with Crippen LogP contribution in [0, 0.1) is 10.1 Å². The lowest BCUT2D eigenvalue weighted by Crippen LogP contribution is -2.05. The number of nitrogens with zero attached hydrogens (tertiary/aromatic N) is 3. The smallest absolute Gasteiger partial charge is 0.328 e. The fourth-order valence-corrected chi connectivity index (χ4v) is 1.12. The SMILES string of the molecule is COc1ccc(C(=O)C=[N+]=[N-])c([N+](=O)[O-])c1. The third kappa shape index (κ3) is 2.28. The van der Waals surface area contributed by atoms with Gasteiger partial charge in [-0.1, -0.05) is 0 Å². The van der Waals surface area contributed by atoms with E-state index < -0.39 is 16.4 Å². The maximum absolute atomic E-state index is 11.3. The van der Waals surface area contributed by atoms with E-state index >= 15 is 0 Å². The van der Waals surface area contributed by atoms with Gasteiger partial charge in [0.2, 0.25) is 0 Å². The van der Waals surface area contributed by atoms with Gasteiger partial charge in [0.15, 0.2) is 0 Å². The first-order chi connectivity index (χ1) is 7.60. The van der Waals surface area contributed by atoms with Crippen LogP contribution in [0.15, 0.2) is 18.2 Å². The Balaban J connectivity index is 3.33. The molecular formula is C9H7N3O4. The van der Waals surface area contributed by atoms with Crippen molar-refractivity contribution in [2.45, 2.75) is 0 Å². The molecule has 0 fully saturated rings. The van der Waals surface area contributed by atoms with E-state index in [2.05, 4.69) is 4.79 Å². The fourth-order valence-electron chi connectivity index (χ4n) is 1.12. The lowest BCUT2D eigenvalue weighted by Gasteiger charge is -2.01. The van der Waals surface area contributed by atoms with Crippen molar-refractivity contribution in [2.75, 3.05) is 7.11 Å². The van der Waals surface area contributed by atoms with Gasteiger partial charge in [-0.05, 0) is 12.1 Å². The van der Waals surface area contributed by atoms with Crippen LogP contribution in [0.3, 0.4) is 0 Å². The van der Waals surface area contributed by atoms with E-state index in [-0.39, 0.29) is 11.3 Å². The normalized spacial score (nSPS) is 9.06. The van der Waals surface area contributed by atoms with Crippen LogP contribution in [0.5, 0.6) is 5.75 Å². The molecule has 7 nitrogen and oxygen atoms in total. The van der Waals surface area contributed by atoms with Gasteiger partial charge >= 0.3 is 6.21 Å². The first-order valence-corrected chi connectivity index (χ1v) is 4.14. The predicted octanol–water partition coefficient (Wildman–Crippen LogP) is 1.09. The Bertz CT molecular complexity index is 492. The number of benzene rings is 1. The number of hydrogen-bond donors (Lipinski definition) is 0. The maximum atomic E-state index is 11.3. The van der Waals surface area contributed by atoms with Crippen LogP contribution in [0.1, 0.15) is 10.4 Å². The first kappa shape index (κ1) is 11.5. The molecule has 1 aromatic carbocycles. The van der Waals surface area contributed by atoms with E-state index in [1.54, 1.807) is 0 Å². The van der Waals surface area contributed by atoms with Crippen LogP contribution < -0.4 is 4.74 Å². The van der Waals surface area contributed by atoms with Gasteiger partial charge in [0, 0.05) is 0 Å². The van der Waals surface area contributed by atoms with Crippen molar-refractivity contribution >= 4 is 17.7 Å². The number of ketones is 1. The number of ether oxygens (including phenoxy) is 1. The molecule has 0 heterocycles. The van der Waals surface area contributed by atoms with E-state index in [0.29, 0.717) is 6.21 Å². The zero-order chi connectivity index (χ0) is 12.1. The van der Waals surface area contributed by atoms with Gasteiger partial charge < -0.3 is 10.3 Å². The minimum absolute atomic E-state index is 0.163. The summed E-state index contributed by atoms with van der Waals surface area (Å²) >= 11 is 0. The summed E-state index contributed by atoms with van der Waals surface area (Å²) in [7, 11) is 1.36. The molecule has 0 N–H and O–H groups in total. The zero-order valence-electron chi connectivity index (χ0n) is 8.28. The van der Waals surface area contributed by atoms with Crippen molar-refractivity contribution in [3.63, 3.8) is 0 Å². The second-order valence-electron chi connectivity index (χ2n) is 2.75. The molecule has 0 radical (unpaired) electrons. The van der Waals surface area contributed by atoms with Crippen LogP contribution in [0.25, 0.3) is 5.53 Å². The lowest BCUT2D eigenvalue weighted by atomic mass is 10.1. The third-order valence-electron chi connectivity index (χ3n) is 1.84. The van der Waals surface area contributed by atoms with Crippen LogP contribution in [-0.4, -0.2) is 28.8 Å². The minimum Gasteiger partial charge on any atom is -0.497 e. The molecule has 0 aromatic heterocycles. The predicted molar refractivity (Wildman–Crippen MR) is 53.7 cm³/mol. The van der Waals surface area contributed by atoms with E-state index in [1.165, 1.54) is 19.2 Å². The average molecular weight is 221 g/mol. The summed E-state index contributed by atoms with van der Waals surface area (Å²) in [6.45, 7) is 0. The molecule has 0 aliphatic heterocycles. The van der Waals surface area contributed by atoms with Crippen LogP contribution in [-0.2, 0) is 0 Å². The number of hydrogen-bond acceptors (Lipinski definition) is 4. The molecule has 7 heteroatoms. The van der Waals surface area contributed by atoms with Crippen molar-refractivity contribution in [3.05, 3.63) is 39.4 Å². The summed E-state index contributed by atoms with van der Waals surface area (Å²) in [5.74, 6) is -0.485. The number of nitro benzene ring substituents is 1. The summed E-state index contributed by atoms with van der Waals surface area (Å²) in [6, 6.07) is 3.77. The standard InChI is InChI=1S/C9H7N3O4/c1-16-6-2-3-7(9(13)5-11-10)8(4-6)12(14)15/h2-5H,1H3. The monoisotopic (exact) mass is 221 g/mol. The van der Waals surface area contributed by atoms with Crippen LogP contribution >= 0.6 is 0 Å². The zero-order valence-corrected chi connectivity index (χ0v) is 8.28. The highest BCUT2D eigenvalue weighted by molar-refractivity contribution is 6.34. The van der Waals surface area contributed by atoms with Crippen molar-refractivity contribution in [1.29, 1.82) is 0 Å². The largest absolute Gasteiger partial charge is 0.497 e. The molecule has 82 valence electrons. The Labute approximate surface area is 90.0 Å². The molecule has 0 atom stereocenters. The topological polar surface area (TPSA) is 106 Å². The Morgan fingerprint density at radius 1 is 1.62 bits per heavy atom. The van der Waals surface area contributed by atoms with Gasteiger partial charge in [0.1, 0.15) is 11.3 Å². The van der Waals surface area contributed by atoms with Gasteiger partial charge in [0.25, 0.3) is 11.5 Å². The summed E-state index contributed by atoms with van der Waals surface area (Å²) in [5.41, 5.74) is 7.62. The fraction of sp³-hybridized carbons (Fsp3) is 0.111. The van der Waals surface area contributed by atoms with Crippen LogP contribution in [0.2, 0.25) is 0 Å². The highest BCUT2D eigenvalue weighted by Crippen LogP contribution is 2.24. The second-order valence-corrected chi connectivity index (χ2v) is 2.75.